The number of para-hydroxylation sites is 1. The summed E-state index contributed by atoms with van der Waals surface area (Å²) in [6.45, 7) is 2.02. The number of carbonyl (C=O) groups excluding carboxylic acids is 2. The normalized spacial score (nSPS) is 14.2. The van der Waals surface area contributed by atoms with Crippen LogP contribution in [-0.4, -0.2) is 11.8 Å². The van der Waals surface area contributed by atoms with Gasteiger partial charge in [-0.2, -0.15) is 5.26 Å². The second-order valence-corrected chi connectivity index (χ2v) is 6.19. The van der Waals surface area contributed by atoms with Crippen LogP contribution in [0.1, 0.15) is 30.9 Å². The summed E-state index contributed by atoms with van der Waals surface area (Å²) in [6, 6.07) is 16.3. The highest BCUT2D eigenvalue weighted by atomic mass is 16.2. The molecule has 1 aliphatic rings. The summed E-state index contributed by atoms with van der Waals surface area (Å²) in [4.78, 5) is 25.3. The molecule has 5 heteroatoms. The van der Waals surface area contributed by atoms with E-state index < -0.39 is 5.41 Å². The highest BCUT2D eigenvalue weighted by Gasteiger charge is 2.56. The Morgan fingerprint density at radius 1 is 1.08 bits per heavy atom. The highest BCUT2D eigenvalue weighted by Crippen LogP contribution is 2.47. The molecule has 0 aliphatic heterocycles. The lowest BCUT2D eigenvalue weighted by Gasteiger charge is -2.17. The van der Waals surface area contributed by atoms with Gasteiger partial charge in [0.1, 0.15) is 5.41 Å². The van der Waals surface area contributed by atoms with Crippen LogP contribution in [0, 0.1) is 16.7 Å². The third-order valence-electron chi connectivity index (χ3n) is 4.52. The van der Waals surface area contributed by atoms with Gasteiger partial charge in [0.15, 0.2) is 0 Å². The first-order valence-corrected chi connectivity index (χ1v) is 8.30. The predicted octanol–water partition coefficient (Wildman–Crippen LogP) is 3.48. The molecular formula is C20H19N3O2. The van der Waals surface area contributed by atoms with Crippen LogP contribution in [0.3, 0.4) is 0 Å². The quantitative estimate of drug-likeness (QED) is 0.822. The van der Waals surface area contributed by atoms with Gasteiger partial charge in [0.2, 0.25) is 11.8 Å². The number of anilines is 2. The summed E-state index contributed by atoms with van der Waals surface area (Å²) in [7, 11) is 0. The minimum Gasteiger partial charge on any atom is -0.325 e. The average Bonchev–Trinajstić information content (AvgIpc) is 3.44. The van der Waals surface area contributed by atoms with Crippen LogP contribution < -0.4 is 10.6 Å². The lowest BCUT2D eigenvalue weighted by atomic mass is 10.0. The van der Waals surface area contributed by atoms with E-state index in [0.717, 1.165) is 17.7 Å². The van der Waals surface area contributed by atoms with Crippen LogP contribution >= 0.6 is 0 Å². The molecule has 0 saturated heterocycles. The number of nitrogens with one attached hydrogen (secondary N) is 2. The summed E-state index contributed by atoms with van der Waals surface area (Å²) in [5, 5.41) is 14.6. The van der Waals surface area contributed by atoms with Crippen molar-refractivity contribution in [3.8, 4) is 6.07 Å². The van der Waals surface area contributed by atoms with E-state index in [-0.39, 0.29) is 11.8 Å². The maximum atomic E-state index is 12.7. The van der Waals surface area contributed by atoms with Crippen LogP contribution in [0.15, 0.2) is 48.5 Å². The van der Waals surface area contributed by atoms with Crippen molar-refractivity contribution in [3.63, 3.8) is 0 Å². The number of nitriles is 1. The van der Waals surface area contributed by atoms with Gasteiger partial charge in [-0.15, -0.1) is 0 Å². The first-order chi connectivity index (χ1) is 12.1. The summed E-state index contributed by atoms with van der Waals surface area (Å²) < 4.78 is 0. The Bertz CT molecular complexity index is 863. The Morgan fingerprint density at radius 3 is 2.48 bits per heavy atom. The summed E-state index contributed by atoms with van der Waals surface area (Å²) in [5.41, 5.74) is 1.75. The lowest BCUT2D eigenvalue weighted by molar-refractivity contribution is -0.131. The van der Waals surface area contributed by atoms with E-state index in [1.165, 1.54) is 0 Å². The molecule has 0 bridgehead atoms. The largest absolute Gasteiger partial charge is 0.325 e. The van der Waals surface area contributed by atoms with Crippen molar-refractivity contribution < 1.29 is 9.59 Å². The second-order valence-electron chi connectivity index (χ2n) is 6.19. The van der Waals surface area contributed by atoms with E-state index >= 15 is 0 Å². The number of nitrogens with zero attached hydrogens (tertiary/aromatic N) is 1. The summed E-state index contributed by atoms with van der Waals surface area (Å²) in [5.74, 6) is -0.601. The van der Waals surface area contributed by atoms with Crippen molar-refractivity contribution in [3.05, 3.63) is 59.7 Å². The van der Waals surface area contributed by atoms with Crippen molar-refractivity contribution in [2.45, 2.75) is 26.2 Å². The Hall–Kier alpha value is -3.13. The van der Waals surface area contributed by atoms with E-state index in [2.05, 4.69) is 10.6 Å². The van der Waals surface area contributed by atoms with Crippen molar-refractivity contribution in [1.82, 2.24) is 0 Å². The lowest BCUT2D eigenvalue weighted by Crippen LogP contribution is -2.35. The number of aryl methyl sites for hydroxylation is 1. The molecule has 0 atom stereocenters. The third kappa shape index (κ3) is 3.38. The molecule has 0 radical (unpaired) electrons. The fourth-order valence-electron chi connectivity index (χ4n) is 2.79. The van der Waals surface area contributed by atoms with Gasteiger partial charge in [0.25, 0.3) is 0 Å². The zero-order valence-electron chi connectivity index (χ0n) is 14.0. The minimum atomic E-state index is -1.02. The van der Waals surface area contributed by atoms with Gasteiger partial charge in [-0.05, 0) is 49.1 Å². The number of rotatable bonds is 5. The summed E-state index contributed by atoms with van der Waals surface area (Å²) in [6.07, 6.45) is 1.85. The first kappa shape index (κ1) is 16.7. The van der Waals surface area contributed by atoms with Gasteiger partial charge in [-0.3, -0.25) is 9.59 Å². The topological polar surface area (TPSA) is 82.0 Å². The predicted molar refractivity (Wildman–Crippen MR) is 95.9 cm³/mol. The Labute approximate surface area is 146 Å². The molecule has 1 saturated carbocycles. The molecule has 2 aromatic rings. The fraction of sp³-hybridized carbons (Fsp3) is 0.250. The molecule has 5 nitrogen and oxygen atoms in total. The second kappa shape index (κ2) is 6.78. The molecule has 0 spiro atoms. The molecule has 2 amide bonds. The molecule has 0 aromatic heterocycles. The Kier molecular flexibility index (Phi) is 4.53. The molecule has 25 heavy (non-hydrogen) atoms. The Morgan fingerprint density at radius 2 is 1.80 bits per heavy atom. The zero-order chi connectivity index (χ0) is 17.9. The van der Waals surface area contributed by atoms with E-state index in [9.17, 15) is 9.59 Å². The molecule has 2 aromatic carbocycles. The van der Waals surface area contributed by atoms with Crippen LogP contribution in [0.4, 0.5) is 11.4 Å². The smallest absolute Gasteiger partial charge is 0.240 e. The monoisotopic (exact) mass is 333 g/mol. The number of benzene rings is 2. The third-order valence-corrected chi connectivity index (χ3v) is 4.52. The molecule has 0 unspecified atom stereocenters. The van der Waals surface area contributed by atoms with Crippen LogP contribution in [0.2, 0.25) is 0 Å². The highest BCUT2D eigenvalue weighted by molar-refractivity contribution is 6.17. The SMILES string of the molecule is CCc1ccccc1NC(=O)C1(C(=O)Nc2cccc(C#N)c2)CC1. The van der Waals surface area contributed by atoms with E-state index in [1.54, 1.807) is 24.3 Å². The molecular weight excluding hydrogens is 314 g/mol. The molecule has 3 rings (SSSR count). The molecule has 1 fully saturated rings. The number of hydrogen-bond acceptors (Lipinski definition) is 3. The first-order valence-electron chi connectivity index (χ1n) is 8.30. The van der Waals surface area contributed by atoms with Gasteiger partial charge in [0, 0.05) is 11.4 Å². The van der Waals surface area contributed by atoms with Crippen molar-refractivity contribution in [1.29, 1.82) is 5.26 Å². The van der Waals surface area contributed by atoms with Gasteiger partial charge in [-0.25, -0.2) is 0 Å². The number of amides is 2. The maximum absolute atomic E-state index is 12.7. The molecule has 1 aliphatic carbocycles. The van der Waals surface area contributed by atoms with Crippen molar-refractivity contribution >= 4 is 23.2 Å². The van der Waals surface area contributed by atoms with E-state index in [0.29, 0.717) is 24.1 Å². The van der Waals surface area contributed by atoms with Gasteiger partial charge >= 0.3 is 0 Å². The average molecular weight is 333 g/mol. The van der Waals surface area contributed by atoms with E-state index in [4.69, 9.17) is 5.26 Å². The molecule has 126 valence electrons. The van der Waals surface area contributed by atoms with Crippen LogP contribution in [-0.2, 0) is 16.0 Å². The Balaban J connectivity index is 1.73. The molecule has 0 heterocycles. The van der Waals surface area contributed by atoms with Crippen LogP contribution in [0.25, 0.3) is 0 Å². The summed E-state index contributed by atoms with van der Waals surface area (Å²) >= 11 is 0. The van der Waals surface area contributed by atoms with E-state index in [1.807, 2.05) is 37.3 Å². The van der Waals surface area contributed by atoms with Gasteiger partial charge in [-0.1, -0.05) is 31.2 Å². The van der Waals surface area contributed by atoms with Crippen molar-refractivity contribution in [2.75, 3.05) is 10.6 Å². The van der Waals surface area contributed by atoms with Gasteiger partial charge < -0.3 is 10.6 Å². The molecule has 2 N–H and O–H groups in total. The maximum Gasteiger partial charge on any atom is 0.240 e. The zero-order valence-corrected chi connectivity index (χ0v) is 14.0. The minimum absolute atomic E-state index is 0.276. The number of hydrogen-bond donors (Lipinski definition) is 2. The standard InChI is InChI=1S/C20H19N3O2/c1-2-15-7-3-4-9-17(15)23-19(25)20(10-11-20)18(24)22-16-8-5-6-14(12-16)13-21/h3-9,12H,2,10-11H2,1H3,(H,22,24)(H,23,25). The van der Waals surface area contributed by atoms with Gasteiger partial charge in [0.05, 0.1) is 11.6 Å². The van der Waals surface area contributed by atoms with Crippen molar-refractivity contribution in [2.24, 2.45) is 5.41 Å². The fourth-order valence-corrected chi connectivity index (χ4v) is 2.79. The number of carbonyl (C=O) groups is 2. The van der Waals surface area contributed by atoms with Crippen LogP contribution in [0.5, 0.6) is 0 Å².